The molecule has 3 aromatic heterocycles. The molecule has 0 aromatic carbocycles. The van der Waals surface area contributed by atoms with Gasteiger partial charge < -0.3 is 9.97 Å². The summed E-state index contributed by atoms with van der Waals surface area (Å²) >= 11 is 7.54. The Bertz CT molecular complexity index is 1320. The highest BCUT2D eigenvalue weighted by Crippen LogP contribution is 2.36. The van der Waals surface area contributed by atoms with Gasteiger partial charge in [-0.3, -0.25) is 0 Å². The van der Waals surface area contributed by atoms with Gasteiger partial charge in [-0.2, -0.15) is 0 Å². The topological polar surface area (TPSA) is 57.4 Å². The normalized spacial score (nSPS) is 14.0. The summed E-state index contributed by atoms with van der Waals surface area (Å²) in [5.41, 5.74) is 15.2. The summed E-state index contributed by atoms with van der Waals surface area (Å²) in [5, 5.41) is 0. The molecule has 32 heavy (non-hydrogen) atoms. The molecule has 4 nitrogen and oxygen atoms in total. The minimum atomic E-state index is 0.915. The summed E-state index contributed by atoms with van der Waals surface area (Å²) in [6, 6.07) is 8.52. The number of hydrogen-bond acceptors (Lipinski definition) is 2. The number of aryl methyl sites for hydroxylation is 3. The van der Waals surface area contributed by atoms with E-state index >= 15 is 0 Å². The van der Waals surface area contributed by atoms with Gasteiger partial charge in [-0.05, 0) is 131 Å². The molecule has 2 aliphatic heterocycles. The van der Waals surface area contributed by atoms with Crippen molar-refractivity contribution in [3.8, 4) is 0 Å². The zero-order valence-corrected chi connectivity index (χ0v) is 22.1. The van der Waals surface area contributed by atoms with E-state index in [4.69, 9.17) is 9.97 Å². The van der Waals surface area contributed by atoms with Crippen LogP contribution in [-0.2, 0) is 0 Å². The number of aromatic amines is 2. The second-order valence-corrected chi connectivity index (χ2v) is 10.2. The van der Waals surface area contributed by atoms with Crippen LogP contribution in [-0.4, -0.2) is 19.9 Å². The van der Waals surface area contributed by atoms with Gasteiger partial charge in [-0.1, -0.05) is 0 Å². The molecular formula is C26H24Br2N4. The van der Waals surface area contributed by atoms with Crippen LogP contribution in [0.15, 0.2) is 28.7 Å². The fraction of sp³-hybridized carbons (Fsp3) is 0.231. The van der Waals surface area contributed by atoms with E-state index in [0.717, 1.165) is 64.9 Å². The van der Waals surface area contributed by atoms with Gasteiger partial charge in [0.2, 0.25) is 0 Å². The first kappa shape index (κ1) is 21.4. The van der Waals surface area contributed by atoms with Crippen LogP contribution in [0.3, 0.4) is 0 Å². The highest BCUT2D eigenvalue weighted by Gasteiger charge is 2.17. The average molecular weight is 552 g/mol. The molecule has 3 aromatic rings. The van der Waals surface area contributed by atoms with Crippen LogP contribution < -0.4 is 0 Å². The van der Waals surface area contributed by atoms with Crippen molar-refractivity contribution in [3.63, 3.8) is 0 Å². The molecule has 0 atom stereocenters. The number of nitrogens with one attached hydrogen (secondary N) is 2. The van der Waals surface area contributed by atoms with Gasteiger partial charge in [-0.15, -0.1) is 0 Å². The summed E-state index contributed by atoms with van der Waals surface area (Å²) in [5.74, 6) is 0. The van der Waals surface area contributed by atoms with Crippen LogP contribution in [0.2, 0.25) is 0 Å². The molecule has 5 heterocycles. The molecule has 0 aliphatic carbocycles. The van der Waals surface area contributed by atoms with E-state index in [1.165, 1.54) is 22.3 Å². The van der Waals surface area contributed by atoms with Crippen molar-refractivity contribution in [2.45, 2.75) is 41.5 Å². The standard InChI is InChI=1S/C26H24Br2N4/c1-11-12(2)19-8-21-15(5)25(27)24(31-21)10-22-16(6)26(28)23(32-22)9-20-14(4)13(3)18(30-20)7-17(11)29-19/h7-10,29,32H,1-6H3. The second-order valence-electron chi connectivity index (χ2n) is 8.62. The molecule has 0 saturated heterocycles. The molecule has 2 N–H and O–H groups in total. The monoisotopic (exact) mass is 550 g/mol. The summed E-state index contributed by atoms with van der Waals surface area (Å²) < 4.78 is 2.06. The van der Waals surface area contributed by atoms with Crippen molar-refractivity contribution in [2.75, 3.05) is 0 Å². The fourth-order valence-corrected chi connectivity index (χ4v) is 5.03. The molecule has 0 fully saturated rings. The first-order chi connectivity index (χ1) is 15.2. The molecule has 2 aliphatic rings. The maximum atomic E-state index is 4.98. The molecule has 6 heteroatoms. The first-order valence-corrected chi connectivity index (χ1v) is 12.2. The summed E-state index contributed by atoms with van der Waals surface area (Å²) in [4.78, 5) is 17.1. The highest BCUT2D eigenvalue weighted by atomic mass is 79.9. The lowest BCUT2D eigenvalue weighted by molar-refractivity contribution is 1.29. The number of aromatic nitrogens is 4. The van der Waals surface area contributed by atoms with E-state index in [2.05, 4.69) is 108 Å². The smallest absolute Gasteiger partial charge is 0.0803 e. The Morgan fingerprint density at radius 3 is 1.53 bits per heavy atom. The zero-order chi connectivity index (χ0) is 22.9. The lowest BCUT2D eigenvalue weighted by Crippen LogP contribution is -1.78. The van der Waals surface area contributed by atoms with Crippen molar-refractivity contribution in [1.82, 2.24) is 19.9 Å². The Labute approximate surface area is 204 Å². The molecule has 5 rings (SSSR count). The quantitative estimate of drug-likeness (QED) is 0.295. The van der Waals surface area contributed by atoms with Crippen molar-refractivity contribution >= 4 is 75.1 Å². The summed E-state index contributed by atoms with van der Waals surface area (Å²) in [7, 11) is 0. The van der Waals surface area contributed by atoms with Gasteiger partial charge in [0.15, 0.2) is 0 Å². The molecule has 0 saturated carbocycles. The molecule has 0 radical (unpaired) electrons. The number of H-pyrrole nitrogens is 2. The van der Waals surface area contributed by atoms with E-state index in [1.54, 1.807) is 0 Å². The van der Waals surface area contributed by atoms with E-state index in [9.17, 15) is 0 Å². The number of allylic oxidation sites excluding steroid dienone is 3. The molecule has 0 spiro atoms. The van der Waals surface area contributed by atoms with Gasteiger partial charge in [-0.25, -0.2) is 9.97 Å². The largest absolute Gasteiger partial charge is 0.355 e. The maximum absolute atomic E-state index is 4.98. The van der Waals surface area contributed by atoms with Gasteiger partial charge in [0, 0.05) is 25.5 Å². The van der Waals surface area contributed by atoms with Gasteiger partial charge >= 0.3 is 0 Å². The second kappa shape index (κ2) is 7.56. The lowest BCUT2D eigenvalue weighted by Gasteiger charge is -1.94. The van der Waals surface area contributed by atoms with Gasteiger partial charge in [0.05, 0.1) is 28.3 Å². The Balaban J connectivity index is 1.99. The number of hydrogen-bond donors (Lipinski definition) is 2. The van der Waals surface area contributed by atoms with Crippen molar-refractivity contribution in [1.29, 1.82) is 0 Å². The number of halogens is 2. The number of nitrogens with zero attached hydrogens (tertiary/aromatic N) is 2. The Morgan fingerprint density at radius 1 is 0.531 bits per heavy atom. The molecule has 0 unspecified atom stereocenters. The fourth-order valence-electron chi connectivity index (χ4n) is 4.20. The predicted molar refractivity (Wildman–Crippen MR) is 142 cm³/mol. The SMILES string of the molecule is CC1=C(C)c2cc3[nH]c(cc4nc(cc5[nH]c(cc1n2)c(C)c5C)C(C)=C4Br)c(C)c3Br. The third-order valence-corrected chi connectivity index (χ3v) is 8.78. The van der Waals surface area contributed by atoms with Crippen LogP contribution in [0.25, 0.3) is 43.3 Å². The highest BCUT2D eigenvalue weighted by molar-refractivity contribution is 9.15. The Kier molecular flexibility index (Phi) is 5.06. The lowest BCUT2D eigenvalue weighted by atomic mass is 10.1. The van der Waals surface area contributed by atoms with Gasteiger partial charge in [0.25, 0.3) is 0 Å². The van der Waals surface area contributed by atoms with E-state index in [-0.39, 0.29) is 0 Å². The average Bonchev–Trinajstić information content (AvgIpc) is 3.37. The third kappa shape index (κ3) is 3.23. The minimum Gasteiger partial charge on any atom is -0.355 e. The van der Waals surface area contributed by atoms with Crippen LogP contribution in [0.1, 0.15) is 60.2 Å². The first-order valence-electron chi connectivity index (χ1n) is 10.6. The van der Waals surface area contributed by atoms with E-state index in [0.29, 0.717) is 0 Å². The Morgan fingerprint density at radius 2 is 0.938 bits per heavy atom. The van der Waals surface area contributed by atoms with Crippen LogP contribution in [0, 0.1) is 20.8 Å². The Hall–Kier alpha value is -2.44. The van der Waals surface area contributed by atoms with E-state index < -0.39 is 0 Å². The number of fused-ring (bicyclic) bond motifs is 8. The van der Waals surface area contributed by atoms with Crippen molar-refractivity contribution in [2.24, 2.45) is 0 Å². The van der Waals surface area contributed by atoms with Crippen molar-refractivity contribution in [3.05, 3.63) is 68.2 Å². The van der Waals surface area contributed by atoms with Gasteiger partial charge in [0.1, 0.15) is 0 Å². The minimum absolute atomic E-state index is 0.915. The summed E-state index contributed by atoms with van der Waals surface area (Å²) in [6.45, 7) is 12.8. The molecule has 8 bridgehead atoms. The van der Waals surface area contributed by atoms with E-state index in [1.807, 2.05) is 0 Å². The zero-order valence-electron chi connectivity index (χ0n) is 19.0. The van der Waals surface area contributed by atoms with Crippen molar-refractivity contribution < 1.29 is 0 Å². The predicted octanol–water partition coefficient (Wildman–Crippen LogP) is 8.24. The maximum Gasteiger partial charge on any atom is 0.0803 e. The number of rotatable bonds is 0. The van der Waals surface area contributed by atoms with Crippen LogP contribution >= 0.6 is 31.9 Å². The summed E-state index contributed by atoms with van der Waals surface area (Å²) in [6.07, 6.45) is 0. The molecule has 0 amide bonds. The van der Waals surface area contributed by atoms with Crippen LogP contribution in [0.5, 0.6) is 0 Å². The third-order valence-electron chi connectivity index (χ3n) is 6.75. The molecule has 162 valence electrons. The van der Waals surface area contributed by atoms with Crippen LogP contribution in [0.4, 0.5) is 0 Å². The molecular weight excluding hydrogens is 528 g/mol.